The molecule has 1 saturated heterocycles. The second-order valence-electron chi connectivity index (χ2n) is 4.37. The summed E-state index contributed by atoms with van der Waals surface area (Å²) in [6, 6.07) is 0. The zero-order valence-corrected chi connectivity index (χ0v) is 10.7. The molecule has 1 aliphatic heterocycles. The van der Waals surface area contributed by atoms with Crippen LogP contribution in [0.4, 0.5) is 0 Å². The van der Waals surface area contributed by atoms with E-state index in [-0.39, 0.29) is 5.56 Å². The van der Waals surface area contributed by atoms with Crippen molar-refractivity contribution in [1.82, 2.24) is 15.4 Å². The molecular formula is C11H15N3O7. The van der Waals surface area contributed by atoms with Crippen molar-refractivity contribution in [1.29, 1.82) is 0 Å². The van der Waals surface area contributed by atoms with Crippen LogP contribution in [0.5, 0.6) is 0 Å². The Balaban J connectivity index is 1.94. The summed E-state index contributed by atoms with van der Waals surface area (Å²) < 4.78 is 5.04. The van der Waals surface area contributed by atoms with E-state index in [1.807, 2.05) is 5.48 Å². The molecule has 0 aromatic carbocycles. The minimum atomic E-state index is -1.60. The van der Waals surface area contributed by atoms with Crippen molar-refractivity contribution in [2.45, 2.75) is 30.7 Å². The predicted molar refractivity (Wildman–Crippen MR) is 64.4 cm³/mol. The first-order valence-electron chi connectivity index (χ1n) is 6.06. The average molecular weight is 301 g/mol. The number of hydroxylamine groups is 1. The van der Waals surface area contributed by atoms with Gasteiger partial charge in [-0.25, -0.2) is 20.3 Å². The smallest absolute Gasteiger partial charge is 0.278 e. The monoisotopic (exact) mass is 301 g/mol. The Bertz CT molecular complexity index is 472. The number of aromatic nitrogens is 2. The molecule has 21 heavy (non-hydrogen) atoms. The summed E-state index contributed by atoms with van der Waals surface area (Å²) in [4.78, 5) is 23.8. The van der Waals surface area contributed by atoms with Crippen LogP contribution < -0.4 is 5.48 Å². The normalized spacial score (nSPS) is 32.7. The summed E-state index contributed by atoms with van der Waals surface area (Å²) in [6.45, 7) is -0.592. The SMILES string of the molecule is O=C(NO[C@@H]1O[C@H](CO)[C@H](O)[C@H](O)[C@H]1O)c1cncnc1. The molecule has 1 aromatic heterocycles. The molecule has 5 N–H and O–H groups in total. The molecule has 0 radical (unpaired) electrons. The lowest BCUT2D eigenvalue weighted by Gasteiger charge is -2.39. The third-order valence-corrected chi connectivity index (χ3v) is 2.94. The van der Waals surface area contributed by atoms with Gasteiger partial charge in [0.2, 0.25) is 6.29 Å². The van der Waals surface area contributed by atoms with Crippen LogP contribution in [0.2, 0.25) is 0 Å². The second kappa shape index (κ2) is 6.85. The first kappa shape index (κ1) is 15.7. The number of rotatable bonds is 4. The van der Waals surface area contributed by atoms with E-state index < -0.39 is 43.2 Å². The van der Waals surface area contributed by atoms with Gasteiger partial charge >= 0.3 is 0 Å². The quantitative estimate of drug-likeness (QED) is 0.364. The highest BCUT2D eigenvalue weighted by Crippen LogP contribution is 2.21. The molecule has 10 nitrogen and oxygen atoms in total. The summed E-state index contributed by atoms with van der Waals surface area (Å²) in [5.41, 5.74) is 2.11. The van der Waals surface area contributed by atoms with Crippen molar-refractivity contribution in [2.24, 2.45) is 0 Å². The molecule has 0 unspecified atom stereocenters. The summed E-state index contributed by atoms with van der Waals surface area (Å²) >= 11 is 0. The maximum absolute atomic E-state index is 11.7. The maximum Gasteiger partial charge on any atom is 0.278 e. The minimum Gasteiger partial charge on any atom is -0.394 e. The van der Waals surface area contributed by atoms with Crippen LogP contribution in [0, 0.1) is 0 Å². The van der Waals surface area contributed by atoms with Crippen LogP contribution >= 0.6 is 0 Å². The van der Waals surface area contributed by atoms with E-state index >= 15 is 0 Å². The number of amides is 1. The van der Waals surface area contributed by atoms with Crippen molar-refractivity contribution in [2.75, 3.05) is 6.61 Å². The molecule has 1 aliphatic rings. The van der Waals surface area contributed by atoms with E-state index in [9.17, 15) is 20.1 Å². The van der Waals surface area contributed by atoms with Gasteiger partial charge < -0.3 is 25.2 Å². The predicted octanol–water partition coefficient (Wildman–Crippen LogP) is -3.06. The van der Waals surface area contributed by atoms with Gasteiger partial charge in [0.25, 0.3) is 5.91 Å². The fraction of sp³-hybridized carbons (Fsp3) is 0.545. The zero-order valence-electron chi connectivity index (χ0n) is 10.7. The Morgan fingerprint density at radius 1 is 1.24 bits per heavy atom. The Morgan fingerprint density at radius 3 is 2.52 bits per heavy atom. The molecule has 0 saturated carbocycles. The molecule has 0 bridgehead atoms. The molecule has 0 spiro atoms. The minimum absolute atomic E-state index is 0.113. The molecule has 2 heterocycles. The zero-order chi connectivity index (χ0) is 15.4. The standard InChI is InChI=1S/C11H15N3O7/c15-3-6-7(16)8(17)9(18)11(20-6)21-14-10(19)5-1-12-4-13-2-5/h1-2,4,6-9,11,15-18H,3H2,(H,14,19)/t6-,7+,8+,9-,11+/m1/s1. The molecule has 5 atom stereocenters. The van der Waals surface area contributed by atoms with Gasteiger partial charge in [0.15, 0.2) is 0 Å². The Hall–Kier alpha value is -1.69. The largest absolute Gasteiger partial charge is 0.394 e. The summed E-state index contributed by atoms with van der Waals surface area (Å²) in [5.74, 6) is -0.687. The van der Waals surface area contributed by atoms with Gasteiger partial charge in [0, 0.05) is 12.4 Å². The highest BCUT2D eigenvalue weighted by Gasteiger charge is 2.44. The lowest BCUT2D eigenvalue weighted by atomic mass is 9.99. The number of hydrogen-bond donors (Lipinski definition) is 5. The van der Waals surface area contributed by atoms with Crippen molar-refractivity contribution in [3.05, 3.63) is 24.3 Å². The number of nitrogens with one attached hydrogen (secondary N) is 1. The molecule has 116 valence electrons. The van der Waals surface area contributed by atoms with Gasteiger partial charge in [0.05, 0.1) is 12.2 Å². The number of aliphatic hydroxyl groups excluding tert-OH is 4. The van der Waals surface area contributed by atoms with Crippen LogP contribution in [0.15, 0.2) is 18.7 Å². The van der Waals surface area contributed by atoms with Gasteiger partial charge in [0.1, 0.15) is 30.7 Å². The van der Waals surface area contributed by atoms with E-state index in [4.69, 9.17) is 14.7 Å². The van der Waals surface area contributed by atoms with E-state index in [1.165, 1.54) is 18.7 Å². The Morgan fingerprint density at radius 2 is 1.90 bits per heavy atom. The highest BCUT2D eigenvalue weighted by molar-refractivity contribution is 5.92. The molecule has 1 fully saturated rings. The fourth-order valence-electron chi connectivity index (χ4n) is 1.75. The second-order valence-corrected chi connectivity index (χ2v) is 4.37. The number of nitrogens with zero attached hydrogens (tertiary/aromatic N) is 2. The fourth-order valence-corrected chi connectivity index (χ4v) is 1.75. The van der Waals surface area contributed by atoms with E-state index in [0.717, 1.165) is 0 Å². The summed E-state index contributed by atoms with van der Waals surface area (Å²) in [5, 5.41) is 37.8. The van der Waals surface area contributed by atoms with Crippen LogP contribution in [0.3, 0.4) is 0 Å². The average Bonchev–Trinajstić information content (AvgIpc) is 2.52. The first-order valence-corrected chi connectivity index (χ1v) is 6.06. The van der Waals surface area contributed by atoms with E-state index in [0.29, 0.717) is 0 Å². The highest BCUT2D eigenvalue weighted by atomic mass is 16.8. The van der Waals surface area contributed by atoms with Gasteiger partial charge in [-0.2, -0.15) is 0 Å². The topological polar surface area (TPSA) is 154 Å². The molecular weight excluding hydrogens is 286 g/mol. The molecule has 1 aromatic rings. The summed E-state index contributed by atoms with van der Waals surface area (Å²) in [6.07, 6.45) is -3.51. The number of aliphatic hydroxyl groups is 4. The van der Waals surface area contributed by atoms with Crippen LogP contribution in [0.25, 0.3) is 0 Å². The van der Waals surface area contributed by atoms with Crippen molar-refractivity contribution in [3.8, 4) is 0 Å². The maximum atomic E-state index is 11.7. The Labute approximate surface area is 118 Å². The summed E-state index contributed by atoms with van der Waals surface area (Å²) in [7, 11) is 0. The third-order valence-electron chi connectivity index (χ3n) is 2.94. The molecule has 10 heteroatoms. The van der Waals surface area contributed by atoms with E-state index in [1.54, 1.807) is 0 Å². The van der Waals surface area contributed by atoms with Gasteiger partial charge in [-0.05, 0) is 0 Å². The van der Waals surface area contributed by atoms with Gasteiger partial charge in [-0.3, -0.25) is 4.79 Å². The number of carbonyl (C=O) groups is 1. The number of hydrogen-bond acceptors (Lipinski definition) is 9. The lowest BCUT2D eigenvalue weighted by Crippen LogP contribution is -2.60. The Kier molecular flexibility index (Phi) is 5.12. The molecule has 2 rings (SSSR count). The first-order chi connectivity index (χ1) is 10.0. The van der Waals surface area contributed by atoms with Crippen LogP contribution in [-0.4, -0.2) is 73.6 Å². The van der Waals surface area contributed by atoms with Crippen molar-refractivity contribution >= 4 is 5.91 Å². The molecule has 0 aliphatic carbocycles. The van der Waals surface area contributed by atoms with Crippen molar-refractivity contribution < 1.29 is 34.8 Å². The molecule has 1 amide bonds. The lowest BCUT2D eigenvalue weighted by molar-refractivity contribution is -0.311. The van der Waals surface area contributed by atoms with Crippen LogP contribution in [0.1, 0.15) is 10.4 Å². The van der Waals surface area contributed by atoms with Gasteiger partial charge in [-0.1, -0.05) is 0 Å². The van der Waals surface area contributed by atoms with E-state index in [2.05, 4.69) is 9.97 Å². The number of carbonyl (C=O) groups excluding carboxylic acids is 1. The third kappa shape index (κ3) is 3.50. The van der Waals surface area contributed by atoms with Crippen LogP contribution in [-0.2, 0) is 9.57 Å². The van der Waals surface area contributed by atoms with Crippen molar-refractivity contribution in [3.63, 3.8) is 0 Å². The number of ether oxygens (including phenoxy) is 1. The van der Waals surface area contributed by atoms with Gasteiger partial charge in [-0.15, -0.1) is 0 Å².